The normalized spacial score (nSPS) is 10.8. The lowest BCUT2D eigenvalue weighted by Gasteiger charge is -2.03. The Morgan fingerprint density at radius 3 is 3.11 bits per heavy atom. The van der Waals surface area contributed by atoms with Gasteiger partial charge in [-0.1, -0.05) is 0 Å². The number of aromatic nitrogens is 4. The van der Waals surface area contributed by atoms with Crippen molar-refractivity contribution < 1.29 is 9.53 Å². The van der Waals surface area contributed by atoms with E-state index >= 15 is 0 Å². The topological polar surface area (TPSA) is 95.9 Å². The molecule has 0 saturated carbocycles. The first-order valence-corrected chi connectivity index (χ1v) is 6.93. The summed E-state index contributed by atoms with van der Waals surface area (Å²) in [6, 6.07) is 0. The highest BCUT2D eigenvalue weighted by Crippen LogP contribution is 2.15. The summed E-state index contributed by atoms with van der Waals surface area (Å²) in [5.74, 6) is 1.45. The maximum atomic E-state index is 10.9. The maximum absolute atomic E-state index is 10.9. The summed E-state index contributed by atoms with van der Waals surface area (Å²) in [6.45, 7) is 0.779. The van der Waals surface area contributed by atoms with Crippen molar-refractivity contribution in [2.24, 2.45) is 0 Å². The largest absolute Gasteiger partial charge is 0.468 e. The molecular formula is C11H15N5O2S. The summed E-state index contributed by atoms with van der Waals surface area (Å²) in [5.41, 5.74) is 7.08. The van der Waals surface area contributed by atoms with E-state index in [1.807, 2.05) is 4.57 Å². The molecule has 19 heavy (non-hydrogen) atoms. The number of hydrogen-bond acceptors (Lipinski definition) is 7. The maximum Gasteiger partial charge on any atom is 0.315 e. The van der Waals surface area contributed by atoms with Crippen molar-refractivity contribution in [3.05, 3.63) is 12.7 Å². The van der Waals surface area contributed by atoms with Crippen LogP contribution >= 0.6 is 11.8 Å². The number of methoxy groups -OCH3 is 1. The molecular weight excluding hydrogens is 266 g/mol. The standard InChI is InChI=1S/C11H15N5O2S/c1-18-8(17)5-19-4-2-3-16-7-15-9-10(12)13-6-14-11(9)16/h6-7H,2-5H2,1H3,(H2,12,13,14). The van der Waals surface area contributed by atoms with Gasteiger partial charge in [-0.15, -0.1) is 0 Å². The molecule has 0 amide bonds. The fourth-order valence-electron chi connectivity index (χ4n) is 1.61. The lowest BCUT2D eigenvalue weighted by molar-refractivity contribution is -0.137. The van der Waals surface area contributed by atoms with Crippen LogP contribution in [0.3, 0.4) is 0 Å². The second kappa shape index (κ2) is 6.37. The molecule has 0 aromatic carbocycles. The molecule has 0 fully saturated rings. The summed E-state index contributed by atoms with van der Waals surface area (Å²) in [6.07, 6.45) is 4.06. The zero-order valence-corrected chi connectivity index (χ0v) is 11.4. The van der Waals surface area contributed by atoms with Crippen LogP contribution in [-0.4, -0.2) is 44.1 Å². The number of carbonyl (C=O) groups excluding carboxylic acids is 1. The Kier molecular flexibility index (Phi) is 4.56. The molecule has 0 saturated heterocycles. The minimum Gasteiger partial charge on any atom is -0.468 e. The summed E-state index contributed by atoms with van der Waals surface area (Å²) < 4.78 is 6.50. The Morgan fingerprint density at radius 1 is 1.47 bits per heavy atom. The van der Waals surface area contributed by atoms with Gasteiger partial charge in [0.25, 0.3) is 0 Å². The van der Waals surface area contributed by atoms with Crippen molar-refractivity contribution >= 4 is 34.7 Å². The van der Waals surface area contributed by atoms with Crippen LogP contribution < -0.4 is 5.73 Å². The highest BCUT2D eigenvalue weighted by atomic mass is 32.2. The smallest absolute Gasteiger partial charge is 0.315 e. The van der Waals surface area contributed by atoms with Gasteiger partial charge >= 0.3 is 5.97 Å². The molecule has 102 valence electrons. The number of hydrogen-bond donors (Lipinski definition) is 1. The Balaban J connectivity index is 1.85. The number of carbonyl (C=O) groups is 1. The first-order valence-electron chi connectivity index (χ1n) is 5.78. The number of aryl methyl sites for hydroxylation is 1. The molecule has 2 rings (SSSR count). The van der Waals surface area contributed by atoms with E-state index in [4.69, 9.17) is 5.73 Å². The summed E-state index contributed by atoms with van der Waals surface area (Å²) in [5, 5.41) is 0. The van der Waals surface area contributed by atoms with Crippen LogP contribution in [0, 0.1) is 0 Å². The second-order valence-electron chi connectivity index (χ2n) is 3.85. The second-order valence-corrected chi connectivity index (χ2v) is 4.96. The van der Waals surface area contributed by atoms with Crippen molar-refractivity contribution in [1.29, 1.82) is 0 Å². The first-order chi connectivity index (χ1) is 9.22. The molecule has 0 unspecified atom stereocenters. The number of imidazole rings is 1. The van der Waals surface area contributed by atoms with Gasteiger partial charge in [0, 0.05) is 6.54 Å². The van der Waals surface area contributed by atoms with Crippen molar-refractivity contribution in [3.63, 3.8) is 0 Å². The fraction of sp³-hybridized carbons (Fsp3) is 0.455. The Morgan fingerprint density at radius 2 is 2.32 bits per heavy atom. The quantitative estimate of drug-likeness (QED) is 0.615. The number of thioether (sulfide) groups is 1. The monoisotopic (exact) mass is 281 g/mol. The molecule has 2 aromatic rings. The van der Waals surface area contributed by atoms with Crippen molar-refractivity contribution in [3.8, 4) is 0 Å². The molecule has 0 atom stereocenters. The highest BCUT2D eigenvalue weighted by molar-refractivity contribution is 7.99. The van der Waals surface area contributed by atoms with Gasteiger partial charge < -0.3 is 15.0 Å². The lowest BCUT2D eigenvalue weighted by Crippen LogP contribution is -2.05. The van der Waals surface area contributed by atoms with E-state index in [1.165, 1.54) is 13.4 Å². The van der Waals surface area contributed by atoms with E-state index in [1.54, 1.807) is 18.1 Å². The Labute approximate surface area is 114 Å². The van der Waals surface area contributed by atoms with Gasteiger partial charge in [-0.3, -0.25) is 4.79 Å². The van der Waals surface area contributed by atoms with Gasteiger partial charge in [0.2, 0.25) is 0 Å². The summed E-state index contributed by atoms with van der Waals surface area (Å²) in [4.78, 5) is 23.2. The number of fused-ring (bicyclic) bond motifs is 1. The number of ether oxygens (including phenoxy) is 1. The van der Waals surface area contributed by atoms with Crippen molar-refractivity contribution in [1.82, 2.24) is 19.5 Å². The van der Waals surface area contributed by atoms with Gasteiger partial charge in [-0.2, -0.15) is 11.8 Å². The molecule has 0 spiro atoms. The van der Waals surface area contributed by atoms with Gasteiger partial charge in [-0.25, -0.2) is 15.0 Å². The van der Waals surface area contributed by atoms with E-state index < -0.39 is 0 Å². The van der Waals surface area contributed by atoms with Crippen LogP contribution in [0.15, 0.2) is 12.7 Å². The minimum atomic E-state index is -0.196. The number of anilines is 1. The molecule has 2 heterocycles. The number of nitrogens with two attached hydrogens (primary N) is 1. The predicted molar refractivity (Wildman–Crippen MR) is 73.7 cm³/mol. The van der Waals surface area contributed by atoms with E-state index in [0.29, 0.717) is 17.1 Å². The minimum absolute atomic E-state index is 0.196. The third kappa shape index (κ3) is 3.34. The van der Waals surface area contributed by atoms with Crippen molar-refractivity contribution in [2.75, 3.05) is 24.3 Å². The zero-order valence-electron chi connectivity index (χ0n) is 10.6. The number of rotatable bonds is 6. The van der Waals surface area contributed by atoms with Crippen LogP contribution in [0.25, 0.3) is 11.2 Å². The van der Waals surface area contributed by atoms with Gasteiger partial charge in [-0.05, 0) is 12.2 Å². The zero-order chi connectivity index (χ0) is 13.7. The Bertz CT molecular complexity index is 571. The summed E-state index contributed by atoms with van der Waals surface area (Å²) >= 11 is 1.55. The molecule has 2 aromatic heterocycles. The number of nitrogen functional groups attached to an aromatic ring is 1. The van der Waals surface area contributed by atoms with Crippen LogP contribution in [0.2, 0.25) is 0 Å². The average Bonchev–Trinajstić information content (AvgIpc) is 2.83. The van der Waals surface area contributed by atoms with E-state index in [0.717, 1.165) is 24.4 Å². The summed E-state index contributed by atoms with van der Waals surface area (Å²) in [7, 11) is 1.39. The number of nitrogens with zero attached hydrogens (tertiary/aromatic N) is 4. The van der Waals surface area contributed by atoms with E-state index in [-0.39, 0.29) is 5.97 Å². The molecule has 2 N–H and O–H groups in total. The highest BCUT2D eigenvalue weighted by Gasteiger charge is 2.07. The third-order valence-electron chi connectivity index (χ3n) is 2.56. The molecule has 0 bridgehead atoms. The Hall–Kier alpha value is -1.83. The predicted octanol–water partition coefficient (Wildman–Crippen LogP) is 0.705. The third-order valence-corrected chi connectivity index (χ3v) is 3.58. The SMILES string of the molecule is COC(=O)CSCCCn1cnc2c(N)ncnc21. The average molecular weight is 281 g/mol. The van der Waals surface area contributed by atoms with Gasteiger partial charge in [0.15, 0.2) is 11.5 Å². The molecule has 0 radical (unpaired) electrons. The van der Waals surface area contributed by atoms with Crippen LogP contribution in [-0.2, 0) is 16.1 Å². The molecule has 0 aliphatic rings. The van der Waals surface area contributed by atoms with Crippen molar-refractivity contribution in [2.45, 2.75) is 13.0 Å². The number of esters is 1. The van der Waals surface area contributed by atoms with Crippen LogP contribution in [0.5, 0.6) is 0 Å². The molecule has 0 aliphatic heterocycles. The first kappa shape index (κ1) is 13.6. The molecule has 7 nitrogen and oxygen atoms in total. The molecule has 0 aliphatic carbocycles. The van der Waals surface area contributed by atoms with Crippen LogP contribution in [0.4, 0.5) is 5.82 Å². The fourth-order valence-corrected chi connectivity index (χ4v) is 2.38. The van der Waals surface area contributed by atoms with E-state index in [9.17, 15) is 4.79 Å². The lowest BCUT2D eigenvalue weighted by atomic mass is 10.4. The van der Waals surface area contributed by atoms with Crippen LogP contribution in [0.1, 0.15) is 6.42 Å². The van der Waals surface area contributed by atoms with Gasteiger partial charge in [0.05, 0.1) is 19.2 Å². The molecule has 8 heteroatoms. The van der Waals surface area contributed by atoms with E-state index in [2.05, 4.69) is 19.7 Å². The van der Waals surface area contributed by atoms with Gasteiger partial charge in [0.1, 0.15) is 11.8 Å².